The van der Waals surface area contributed by atoms with Crippen LogP contribution in [0.3, 0.4) is 0 Å². The molecule has 1 heterocycles. The molecular weight excluding hydrogens is 278 g/mol. The average Bonchev–Trinajstić information content (AvgIpc) is 3.18. The van der Waals surface area contributed by atoms with E-state index in [4.69, 9.17) is 9.47 Å². The third-order valence-corrected chi connectivity index (χ3v) is 5.30. The zero-order valence-electron chi connectivity index (χ0n) is 13.0. The predicted molar refractivity (Wildman–Crippen MR) is 82.7 cm³/mol. The molecule has 1 aromatic rings. The fourth-order valence-electron chi connectivity index (χ4n) is 4.20. The highest BCUT2D eigenvalue weighted by Crippen LogP contribution is 2.45. The molecule has 1 amide bonds. The summed E-state index contributed by atoms with van der Waals surface area (Å²) in [6, 6.07) is 8.18. The van der Waals surface area contributed by atoms with Crippen molar-refractivity contribution in [2.24, 2.45) is 11.8 Å². The number of rotatable bonds is 4. The van der Waals surface area contributed by atoms with Crippen LogP contribution in [0.15, 0.2) is 24.3 Å². The summed E-state index contributed by atoms with van der Waals surface area (Å²) in [5, 5.41) is 0. The van der Waals surface area contributed by atoms with Crippen molar-refractivity contribution < 1.29 is 14.3 Å². The number of cyclic esters (lactones) is 1. The van der Waals surface area contributed by atoms with Crippen molar-refractivity contribution in [3.05, 3.63) is 29.8 Å². The molecule has 118 valence electrons. The molecular formula is C18H23NO3. The van der Waals surface area contributed by atoms with E-state index in [9.17, 15) is 4.79 Å². The van der Waals surface area contributed by atoms with Gasteiger partial charge < -0.3 is 14.4 Å². The summed E-state index contributed by atoms with van der Waals surface area (Å²) in [5.74, 6) is 2.63. The normalized spacial score (nSPS) is 33.3. The number of carbonyl (C=O) groups excluding carboxylic acids is 1. The molecule has 1 unspecified atom stereocenters. The summed E-state index contributed by atoms with van der Waals surface area (Å²) < 4.78 is 11.3. The number of nitrogens with zero attached hydrogens (tertiary/aromatic N) is 1. The van der Waals surface area contributed by atoms with Gasteiger partial charge in [0.25, 0.3) is 0 Å². The summed E-state index contributed by atoms with van der Waals surface area (Å²) in [4.78, 5) is 13.4. The first kappa shape index (κ1) is 13.9. The van der Waals surface area contributed by atoms with Crippen LogP contribution in [0.25, 0.3) is 0 Å². The standard InChI is InChI=1S/C18H23NO3/c1-12-10-19(18(20)21-12)11-13-3-6-16(7-4-13)22-17-9-14-2-5-15(17)8-14/h3-4,6-7,12,14-15,17H,2,5,8-11H2,1H3/t12?,14-,15-,17-/m0/s1. The van der Waals surface area contributed by atoms with E-state index in [2.05, 4.69) is 12.1 Å². The Labute approximate surface area is 131 Å². The lowest BCUT2D eigenvalue weighted by Gasteiger charge is -2.23. The molecule has 4 rings (SSSR count). The Morgan fingerprint density at radius 1 is 1.23 bits per heavy atom. The van der Waals surface area contributed by atoms with E-state index < -0.39 is 0 Å². The van der Waals surface area contributed by atoms with Crippen LogP contribution in [0, 0.1) is 11.8 Å². The summed E-state index contributed by atoms with van der Waals surface area (Å²) in [6.07, 6.45) is 5.51. The van der Waals surface area contributed by atoms with Crippen LogP contribution in [0.4, 0.5) is 4.79 Å². The Kier molecular flexibility index (Phi) is 3.47. The summed E-state index contributed by atoms with van der Waals surface area (Å²) in [7, 11) is 0. The molecule has 1 aromatic carbocycles. The fraction of sp³-hybridized carbons (Fsp3) is 0.611. The molecule has 4 atom stereocenters. The second-order valence-corrected chi connectivity index (χ2v) is 7.05. The van der Waals surface area contributed by atoms with Gasteiger partial charge in [0.2, 0.25) is 0 Å². The third kappa shape index (κ3) is 2.67. The van der Waals surface area contributed by atoms with Crippen LogP contribution < -0.4 is 4.74 Å². The summed E-state index contributed by atoms with van der Waals surface area (Å²) in [5.41, 5.74) is 1.12. The van der Waals surface area contributed by atoms with Crippen LogP contribution in [-0.4, -0.2) is 29.7 Å². The van der Waals surface area contributed by atoms with Crippen LogP contribution >= 0.6 is 0 Å². The van der Waals surface area contributed by atoms with Crippen LogP contribution in [0.5, 0.6) is 5.75 Å². The molecule has 3 fully saturated rings. The molecule has 1 saturated heterocycles. The minimum Gasteiger partial charge on any atom is -0.490 e. The predicted octanol–water partition coefficient (Wildman–Crippen LogP) is 3.59. The van der Waals surface area contributed by atoms with Gasteiger partial charge in [0.1, 0.15) is 18.0 Å². The molecule has 3 aliphatic rings. The van der Waals surface area contributed by atoms with E-state index in [0.29, 0.717) is 19.2 Å². The third-order valence-electron chi connectivity index (χ3n) is 5.30. The van der Waals surface area contributed by atoms with Gasteiger partial charge >= 0.3 is 6.09 Å². The summed E-state index contributed by atoms with van der Waals surface area (Å²) >= 11 is 0. The minimum atomic E-state index is -0.213. The lowest BCUT2D eigenvalue weighted by molar-refractivity contribution is 0.137. The largest absolute Gasteiger partial charge is 0.490 e. The van der Waals surface area contributed by atoms with Crippen molar-refractivity contribution in [1.29, 1.82) is 0 Å². The number of hydrogen-bond donors (Lipinski definition) is 0. The Balaban J connectivity index is 1.35. The molecule has 2 saturated carbocycles. The van der Waals surface area contributed by atoms with Gasteiger partial charge in [-0.1, -0.05) is 12.1 Å². The highest BCUT2D eigenvalue weighted by molar-refractivity contribution is 5.69. The van der Waals surface area contributed by atoms with E-state index >= 15 is 0 Å². The smallest absolute Gasteiger partial charge is 0.410 e. The molecule has 0 spiro atoms. The first-order chi connectivity index (χ1) is 10.7. The number of benzene rings is 1. The molecule has 0 radical (unpaired) electrons. The van der Waals surface area contributed by atoms with Gasteiger partial charge in [-0.2, -0.15) is 0 Å². The van der Waals surface area contributed by atoms with Gasteiger partial charge in [0.15, 0.2) is 0 Å². The number of fused-ring (bicyclic) bond motifs is 2. The number of hydrogen-bond acceptors (Lipinski definition) is 3. The lowest BCUT2D eigenvalue weighted by Crippen LogP contribution is -2.24. The molecule has 2 aliphatic carbocycles. The van der Waals surface area contributed by atoms with E-state index in [0.717, 1.165) is 23.1 Å². The van der Waals surface area contributed by atoms with Gasteiger partial charge in [-0.15, -0.1) is 0 Å². The first-order valence-corrected chi connectivity index (χ1v) is 8.38. The average molecular weight is 301 g/mol. The Bertz CT molecular complexity index is 556. The Morgan fingerprint density at radius 3 is 2.64 bits per heavy atom. The molecule has 1 aliphatic heterocycles. The maximum Gasteiger partial charge on any atom is 0.410 e. The van der Waals surface area contributed by atoms with Crippen molar-refractivity contribution in [1.82, 2.24) is 4.90 Å². The molecule has 4 nitrogen and oxygen atoms in total. The molecule has 0 N–H and O–H groups in total. The van der Waals surface area contributed by atoms with Crippen molar-refractivity contribution in [3.63, 3.8) is 0 Å². The van der Waals surface area contributed by atoms with Crippen LogP contribution in [-0.2, 0) is 11.3 Å². The highest BCUT2D eigenvalue weighted by atomic mass is 16.6. The quantitative estimate of drug-likeness (QED) is 0.853. The van der Waals surface area contributed by atoms with E-state index in [1.807, 2.05) is 19.1 Å². The van der Waals surface area contributed by atoms with E-state index in [1.165, 1.54) is 25.7 Å². The van der Waals surface area contributed by atoms with Gasteiger partial charge in [-0.25, -0.2) is 4.79 Å². The molecule has 22 heavy (non-hydrogen) atoms. The van der Waals surface area contributed by atoms with E-state index in [-0.39, 0.29) is 12.2 Å². The van der Waals surface area contributed by atoms with Crippen molar-refractivity contribution >= 4 is 6.09 Å². The van der Waals surface area contributed by atoms with Crippen LogP contribution in [0.1, 0.15) is 38.2 Å². The summed E-state index contributed by atoms with van der Waals surface area (Å²) in [6.45, 7) is 3.20. The Hall–Kier alpha value is -1.71. The number of ether oxygens (including phenoxy) is 2. The van der Waals surface area contributed by atoms with Gasteiger partial charge in [0.05, 0.1) is 6.54 Å². The van der Waals surface area contributed by atoms with Crippen LogP contribution in [0.2, 0.25) is 0 Å². The van der Waals surface area contributed by atoms with E-state index in [1.54, 1.807) is 4.90 Å². The maximum atomic E-state index is 11.6. The molecule has 2 bridgehead atoms. The second-order valence-electron chi connectivity index (χ2n) is 7.05. The highest BCUT2D eigenvalue weighted by Gasteiger charge is 2.40. The SMILES string of the molecule is CC1CN(Cc2ccc(O[C@H]3C[C@H]4CC[C@H]3C4)cc2)C(=O)O1. The zero-order valence-corrected chi connectivity index (χ0v) is 13.0. The van der Waals surface area contributed by atoms with Crippen molar-refractivity contribution in [2.75, 3.05) is 6.54 Å². The first-order valence-electron chi connectivity index (χ1n) is 8.38. The maximum absolute atomic E-state index is 11.6. The van der Waals surface area contributed by atoms with Crippen molar-refractivity contribution in [2.45, 2.75) is 51.4 Å². The minimum absolute atomic E-state index is 0.00658. The van der Waals surface area contributed by atoms with Gasteiger partial charge in [-0.3, -0.25) is 0 Å². The number of carbonyl (C=O) groups is 1. The topological polar surface area (TPSA) is 38.8 Å². The van der Waals surface area contributed by atoms with Gasteiger partial charge in [-0.05, 0) is 62.1 Å². The second kappa shape index (κ2) is 5.49. The number of amides is 1. The monoisotopic (exact) mass is 301 g/mol. The van der Waals surface area contributed by atoms with Gasteiger partial charge in [0, 0.05) is 6.54 Å². The van der Waals surface area contributed by atoms with Crippen molar-refractivity contribution in [3.8, 4) is 5.75 Å². The molecule has 0 aromatic heterocycles. The Morgan fingerprint density at radius 2 is 2.05 bits per heavy atom. The molecule has 4 heteroatoms. The fourth-order valence-corrected chi connectivity index (χ4v) is 4.20. The zero-order chi connectivity index (χ0) is 15.1. The lowest BCUT2D eigenvalue weighted by atomic mass is 9.98.